The van der Waals surface area contributed by atoms with Gasteiger partial charge in [-0.25, -0.2) is 10.5 Å². The molecule has 0 aromatic carbocycles. The second-order valence-corrected chi connectivity index (χ2v) is 4.35. The van der Waals surface area contributed by atoms with Crippen LogP contribution in [0.3, 0.4) is 0 Å². The first-order valence-corrected chi connectivity index (χ1v) is 6.32. The van der Waals surface area contributed by atoms with Crippen molar-refractivity contribution in [2.75, 3.05) is 20.3 Å². The van der Waals surface area contributed by atoms with Crippen LogP contribution in [0.15, 0.2) is 16.4 Å². The topological polar surface area (TPSA) is 108 Å². The number of nitrogens with zero attached hydrogens (tertiary/aromatic N) is 2. The van der Waals surface area contributed by atoms with Crippen LogP contribution in [0.4, 0.5) is 0 Å². The van der Waals surface area contributed by atoms with Gasteiger partial charge in [-0.2, -0.15) is 0 Å². The Morgan fingerprint density at radius 1 is 1.63 bits per heavy atom. The molecule has 1 aromatic heterocycles. The average molecular weight is 288 g/mol. The Morgan fingerprint density at radius 2 is 2.37 bits per heavy atom. The van der Waals surface area contributed by atoms with E-state index in [-0.39, 0.29) is 23.2 Å². The van der Waals surface area contributed by atoms with Crippen LogP contribution in [0.5, 0.6) is 5.19 Å². The zero-order chi connectivity index (χ0) is 14.3. The van der Waals surface area contributed by atoms with Crippen molar-refractivity contribution >= 4 is 17.2 Å². The van der Waals surface area contributed by atoms with Crippen molar-refractivity contribution in [2.24, 2.45) is 5.84 Å². The highest BCUT2D eigenvalue weighted by Gasteiger charge is 2.09. The number of nitrogens with one attached hydrogen (secondary N) is 1. The summed E-state index contributed by atoms with van der Waals surface area (Å²) in [5.41, 5.74) is 2.57. The summed E-state index contributed by atoms with van der Waals surface area (Å²) < 4.78 is 11.3. The van der Waals surface area contributed by atoms with E-state index in [4.69, 9.17) is 15.3 Å². The lowest BCUT2D eigenvalue weighted by Gasteiger charge is -2.07. The van der Waals surface area contributed by atoms with Crippen molar-refractivity contribution in [2.45, 2.75) is 13.5 Å². The van der Waals surface area contributed by atoms with E-state index in [1.807, 2.05) is 12.3 Å². The van der Waals surface area contributed by atoms with E-state index in [1.165, 1.54) is 17.9 Å². The first-order chi connectivity index (χ1) is 9.10. The molecule has 0 saturated carbocycles. The van der Waals surface area contributed by atoms with Gasteiger partial charge in [0.25, 0.3) is 11.1 Å². The van der Waals surface area contributed by atoms with Crippen molar-refractivity contribution in [3.63, 3.8) is 0 Å². The Morgan fingerprint density at radius 3 is 2.89 bits per heavy atom. The van der Waals surface area contributed by atoms with Crippen LogP contribution in [-0.4, -0.2) is 36.0 Å². The first-order valence-electron chi connectivity index (χ1n) is 5.50. The number of rotatable bonds is 7. The SMILES string of the molecule is CCOCC(=CC(=O)NN)Cn1nc(OC)sc1=O. The van der Waals surface area contributed by atoms with Crippen molar-refractivity contribution < 1.29 is 14.3 Å². The third-order valence-electron chi connectivity index (χ3n) is 2.08. The van der Waals surface area contributed by atoms with Gasteiger partial charge in [0.15, 0.2) is 0 Å². The molecule has 106 valence electrons. The van der Waals surface area contributed by atoms with Crippen LogP contribution in [0.2, 0.25) is 0 Å². The second-order valence-electron chi connectivity index (χ2n) is 3.44. The maximum atomic E-state index is 11.6. The van der Waals surface area contributed by atoms with E-state index >= 15 is 0 Å². The molecule has 0 saturated heterocycles. The molecule has 0 atom stereocenters. The second kappa shape index (κ2) is 7.67. The van der Waals surface area contributed by atoms with Gasteiger partial charge in [0.2, 0.25) is 0 Å². The lowest BCUT2D eigenvalue weighted by molar-refractivity contribution is -0.116. The van der Waals surface area contributed by atoms with Gasteiger partial charge >= 0.3 is 4.87 Å². The molecular weight excluding hydrogens is 272 g/mol. The summed E-state index contributed by atoms with van der Waals surface area (Å²) in [6.07, 6.45) is 1.29. The molecule has 8 nitrogen and oxygen atoms in total. The summed E-state index contributed by atoms with van der Waals surface area (Å²) >= 11 is 0.886. The number of carbonyl (C=O) groups is 1. The minimum Gasteiger partial charge on any atom is -0.472 e. The summed E-state index contributed by atoms with van der Waals surface area (Å²) in [6, 6.07) is 0. The molecule has 9 heteroatoms. The molecule has 0 aliphatic carbocycles. The van der Waals surface area contributed by atoms with E-state index in [0.717, 1.165) is 11.3 Å². The number of hydrogen-bond acceptors (Lipinski definition) is 7. The Labute approximate surface area is 113 Å². The Bertz CT molecular complexity index is 508. The molecule has 0 fully saturated rings. The van der Waals surface area contributed by atoms with E-state index in [2.05, 4.69) is 5.10 Å². The highest BCUT2D eigenvalue weighted by molar-refractivity contribution is 7.10. The summed E-state index contributed by atoms with van der Waals surface area (Å²) in [4.78, 5) is 22.6. The third kappa shape index (κ3) is 4.81. The molecule has 0 bridgehead atoms. The molecule has 0 aliphatic heterocycles. The lowest BCUT2D eigenvalue weighted by Crippen LogP contribution is -2.29. The number of aromatic nitrogens is 2. The van der Waals surface area contributed by atoms with Crippen LogP contribution in [-0.2, 0) is 16.1 Å². The van der Waals surface area contributed by atoms with Gasteiger partial charge in [-0.15, -0.1) is 5.10 Å². The summed E-state index contributed by atoms with van der Waals surface area (Å²) in [7, 11) is 1.43. The van der Waals surface area contributed by atoms with E-state index in [9.17, 15) is 9.59 Å². The highest BCUT2D eigenvalue weighted by Crippen LogP contribution is 2.09. The van der Waals surface area contributed by atoms with E-state index in [1.54, 1.807) is 0 Å². The number of ether oxygens (including phenoxy) is 2. The zero-order valence-corrected chi connectivity index (χ0v) is 11.5. The van der Waals surface area contributed by atoms with Crippen LogP contribution < -0.4 is 20.9 Å². The number of hydrogen-bond donors (Lipinski definition) is 2. The van der Waals surface area contributed by atoms with Crippen LogP contribution in [0, 0.1) is 0 Å². The fraction of sp³-hybridized carbons (Fsp3) is 0.500. The molecule has 1 amide bonds. The standard InChI is InChI=1S/C10H16N4O4S/c1-3-18-6-7(4-8(15)12-11)5-14-10(16)19-9(13-14)17-2/h4H,3,5-6,11H2,1-2H3,(H,12,15). The number of nitrogens with two attached hydrogens (primary N) is 1. The van der Waals surface area contributed by atoms with Gasteiger partial charge in [0.05, 0.1) is 20.3 Å². The minimum atomic E-state index is -0.468. The fourth-order valence-corrected chi connectivity index (χ4v) is 1.84. The lowest BCUT2D eigenvalue weighted by atomic mass is 10.2. The molecule has 19 heavy (non-hydrogen) atoms. The Hall–Kier alpha value is -1.71. The minimum absolute atomic E-state index is 0.145. The third-order valence-corrected chi connectivity index (χ3v) is 2.89. The van der Waals surface area contributed by atoms with Gasteiger partial charge in [0.1, 0.15) is 0 Å². The smallest absolute Gasteiger partial charge is 0.328 e. The summed E-state index contributed by atoms with van der Waals surface area (Å²) in [5.74, 6) is 4.54. The number of hydrazine groups is 1. The molecule has 0 spiro atoms. The molecule has 3 N–H and O–H groups in total. The normalized spacial score (nSPS) is 11.4. The quantitative estimate of drug-likeness (QED) is 0.296. The number of carbonyl (C=O) groups excluding carboxylic acids is 1. The van der Waals surface area contributed by atoms with Crippen molar-refractivity contribution in [1.82, 2.24) is 15.2 Å². The summed E-state index contributed by atoms with van der Waals surface area (Å²) in [6.45, 7) is 2.69. The molecule has 0 radical (unpaired) electrons. The number of methoxy groups -OCH3 is 1. The monoisotopic (exact) mass is 288 g/mol. The summed E-state index contributed by atoms with van der Waals surface area (Å²) in [5, 5.41) is 4.22. The van der Waals surface area contributed by atoms with E-state index in [0.29, 0.717) is 12.2 Å². The maximum absolute atomic E-state index is 11.6. The molecular formula is C10H16N4O4S. The number of amides is 1. The van der Waals surface area contributed by atoms with Crippen LogP contribution in [0.1, 0.15) is 6.92 Å². The van der Waals surface area contributed by atoms with Crippen molar-refractivity contribution in [3.05, 3.63) is 21.3 Å². The van der Waals surface area contributed by atoms with Gasteiger partial charge in [-0.3, -0.25) is 15.0 Å². The van der Waals surface area contributed by atoms with Crippen molar-refractivity contribution in [3.8, 4) is 5.19 Å². The zero-order valence-electron chi connectivity index (χ0n) is 10.7. The Kier molecular flexibility index (Phi) is 6.19. The Balaban J connectivity index is 2.86. The molecule has 1 aromatic rings. The molecule has 1 rings (SSSR count). The highest BCUT2D eigenvalue weighted by atomic mass is 32.1. The average Bonchev–Trinajstić information content (AvgIpc) is 2.76. The predicted octanol–water partition coefficient (Wildman–Crippen LogP) is -0.734. The molecule has 0 aliphatic rings. The van der Waals surface area contributed by atoms with Crippen molar-refractivity contribution in [1.29, 1.82) is 0 Å². The maximum Gasteiger partial charge on any atom is 0.328 e. The van der Waals surface area contributed by atoms with Gasteiger partial charge in [-0.1, -0.05) is 0 Å². The largest absolute Gasteiger partial charge is 0.472 e. The van der Waals surface area contributed by atoms with Gasteiger partial charge in [-0.05, 0) is 23.8 Å². The first kappa shape index (κ1) is 15.3. The van der Waals surface area contributed by atoms with Gasteiger partial charge in [0, 0.05) is 12.7 Å². The molecule has 0 unspecified atom stereocenters. The fourth-order valence-electron chi connectivity index (χ4n) is 1.26. The molecule has 1 heterocycles. The predicted molar refractivity (Wildman–Crippen MR) is 69.8 cm³/mol. The van der Waals surface area contributed by atoms with Crippen LogP contribution >= 0.6 is 11.3 Å². The van der Waals surface area contributed by atoms with E-state index < -0.39 is 5.91 Å². The van der Waals surface area contributed by atoms with Gasteiger partial charge < -0.3 is 9.47 Å². The van der Waals surface area contributed by atoms with Crippen LogP contribution in [0.25, 0.3) is 0 Å².